The van der Waals surface area contributed by atoms with E-state index >= 15 is 0 Å². The van der Waals surface area contributed by atoms with E-state index in [4.69, 9.17) is 9.47 Å². The molecule has 0 radical (unpaired) electrons. The van der Waals surface area contributed by atoms with Gasteiger partial charge in [-0.15, -0.1) is 0 Å². The first-order chi connectivity index (χ1) is 12.5. The van der Waals surface area contributed by atoms with E-state index in [-0.39, 0.29) is 17.8 Å². The Morgan fingerprint density at radius 1 is 1.04 bits per heavy atom. The summed E-state index contributed by atoms with van der Waals surface area (Å²) in [6.07, 6.45) is 2.59. The van der Waals surface area contributed by atoms with Crippen molar-refractivity contribution in [3.8, 4) is 11.5 Å². The molecule has 0 amide bonds. The van der Waals surface area contributed by atoms with Crippen LogP contribution in [0.25, 0.3) is 0 Å². The lowest BCUT2D eigenvalue weighted by Crippen LogP contribution is -2.59. The second-order valence-corrected chi connectivity index (χ2v) is 9.93. The highest BCUT2D eigenvalue weighted by Gasteiger charge is 2.47. The standard InChI is InChI=1S/C19H28N2O4S/c1-24-18-5-3-4-15(19(18)25-2)11-21-9-8-20(10-14-6-7-14)16-12-26(22,23)13-17(16)21/h3-5,14,16-17H,6-13H2,1-2H3. The smallest absolute Gasteiger partial charge is 0.165 e. The van der Waals surface area contributed by atoms with Crippen LogP contribution in [0.15, 0.2) is 18.2 Å². The highest BCUT2D eigenvalue weighted by atomic mass is 32.2. The van der Waals surface area contributed by atoms with E-state index in [9.17, 15) is 8.42 Å². The first-order valence-corrected chi connectivity index (χ1v) is 11.2. The van der Waals surface area contributed by atoms with Gasteiger partial charge in [0.2, 0.25) is 0 Å². The Labute approximate surface area is 156 Å². The summed E-state index contributed by atoms with van der Waals surface area (Å²) in [6, 6.07) is 6.09. The van der Waals surface area contributed by atoms with Gasteiger partial charge in [0.05, 0.1) is 25.7 Å². The van der Waals surface area contributed by atoms with Crippen LogP contribution in [0.3, 0.4) is 0 Å². The van der Waals surface area contributed by atoms with Gasteiger partial charge < -0.3 is 9.47 Å². The summed E-state index contributed by atoms with van der Waals surface area (Å²) in [6.45, 7) is 3.59. The summed E-state index contributed by atoms with van der Waals surface area (Å²) in [7, 11) is 0.317. The molecule has 1 aliphatic carbocycles. The molecule has 6 nitrogen and oxygen atoms in total. The number of rotatable bonds is 6. The lowest BCUT2D eigenvalue weighted by molar-refractivity contribution is 0.0372. The van der Waals surface area contributed by atoms with E-state index < -0.39 is 9.84 Å². The van der Waals surface area contributed by atoms with Gasteiger partial charge in [0.15, 0.2) is 21.3 Å². The highest BCUT2D eigenvalue weighted by molar-refractivity contribution is 7.91. The molecule has 0 spiro atoms. The third-order valence-electron chi connectivity index (χ3n) is 5.95. The molecule has 0 N–H and O–H groups in total. The quantitative estimate of drug-likeness (QED) is 0.744. The van der Waals surface area contributed by atoms with E-state index in [2.05, 4.69) is 9.80 Å². The molecule has 2 unspecified atom stereocenters. The molecule has 1 aromatic carbocycles. The van der Waals surface area contributed by atoms with E-state index in [0.29, 0.717) is 18.0 Å². The third kappa shape index (κ3) is 3.57. The predicted octanol–water partition coefficient (Wildman–Crippen LogP) is 1.40. The molecule has 1 aromatic rings. The topological polar surface area (TPSA) is 59.1 Å². The summed E-state index contributed by atoms with van der Waals surface area (Å²) >= 11 is 0. The van der Waals surface area contributed by atoms with Gasteiger partial charge in [-0.05, 0) is 24.8 Å². The minimum atomic E-state index is -2.97. The number of benzene rings is 1. The third-order valence-corrected chi connectivity index (χ3v) is 7.65. The van der Waals surface area contributed by atoms with Gasteiger partial charge in [0, 0.05) is 43.8 Å². The molecule has 144 valence electrons. The maximum atomic E-state index is 12.4. The molecule has 2 atom stereocenters. The molecule has 2 heterocycles. The molecule has 4 rings (SSSR count). The van der Waals surface area contributed by atoms with Crippen molar-refractivity contribution in [2.45, 2.75) is 31.5 Å². The van der Waals surface area contributed by atoms with Crippen LogP contribution >= 0.6 is 0 Å². The molecule has 0 aromatic heterocycles. The van der Waals surface area contributed by atoms with Crippen molar-refractivity contribution in [1.29, 1.82) is 0 Å². The number of hydrogen-bond donors (Lipinski definition) is 0. The Hall–Kier alpha value is -1.31. The van der Waals surface area contributed by atoms with Gasteiger partial charge in [-0.25, -0.2) is 8.42 Å². The first-order valence-electron chi connectivity index (χ1n) is 9.39. The average Bonchev–Trinajstić information content (AvgIpc) is 3.37. The van der Waals surface area contributed by atoms with Crippen LogP contribution in [0, 0.1) is 5.92 Å². The Bertz CT molecular complexity index is 763. The van der Waals surface area contributed by atoms with Gasteiger partial charge in [-0.1, -0.05) is 12.1 Å². The second kappa shape index (κ2) is 7.02. The van der Waals surface area contributed by atoms with Crippen LogP contribution in [0.4, 0.5) is 0 Å². The summed E-state index contributed by atoms with van der Waals surface area (Å²) in [5.74, 6) is 2.81. The number of hydrogen-bond acceptors (Lipinski definition) is 6. The van der Waals surface area contributed by atoms with Crippen LogP contribution in [0.2, 0.25) is 0 Å². The zero-order valence-corrected chi connectivity index (χ0v) is 16.4. The predicted molar refractivity (Wildman–Crippen MR) is 100 cm³/mol. The molecule has 7 heteroatoms. The fraction of sp³-hybridized carbons (Fsp3) is 0.684. The van der Waals surface area contributed by atoms with Crippen molar-refractivity contribution in [1.82, 2.24) is 9.80 Å². The monoisotopic (exact) mass is 380 g/mol. The number of piperazine rings is 1. The van der Waals surface area contributed by atoms with Crippen molar-refractivity contribution in [3.05, 3.63) is 23.8 Å². The van der Waals surface area contributed by atoms with Gasteiger partial charge in [0.1, 0.15) is 0 Å². The molecule has 0 bridgehead atoms. The molecular formula is C19H28N2O4S. The number of nitrogens with zero attached hydrogens (tertiary/aromatic N) is 2. The molecule has 3 aliphatic rings. The fourth-order valence-electron chi connectivity index (χ4n) is 4.45. The number of para-hydroxylation sites is 1. The van der Waals surface area contributed by atoms with Gasteiger partial charge in [0.25, 0.3) is 0 Å². The summed E-state index contributed by atoms with van der Waals surface area (Å²) < 4.78 is 35.7. The minimum absolute atomic E-state index is 0.0726. The van der Waals surface area contributed by atoms with Crippen LogP contribution in [0.1, 0.15) is 18.4 Å². The second-order valence-electron chi connectivity index (χ2n) is 7.77. The van der Waals surface area contributed by atoms with Crippen LogP contribution < -0.4 is 9.47 Å². The van der Waals surface area contributed by atoms with Crippen molar-refractivity contribution in [2.24, 2.45) is 5.92 Å². The van der Waals surface area contributed by atoms with Gasteiger partial charge in [-0.2, -0.15) is 0 Å². The van der Waals surface area contributed by atoms with Crippen molar-refractivity contribution >= 4 is 9.84 Å². The number of ether oxygens (including phenoxy) is 2. The van der Waals surface area contributed by atoms with E-state index in [0.717, 1.165) is 36.9 Å². The first kappa shape index (κ1) is 18.1. The minimum Gasteiger partial charge on any atom is -0.493 e. The van der Waals surface area contributed by atoms with Crippen LogP contribution in [-0.4, -0.2) is 75.7 Å². The SMILES string of the molecule is COc1cccc(CN2CCN(CC3CC3)C3CS(=O)(=O)CC32)c1OC. The molecule has 1 saturated carbocycles. The molecular weight excluding hydrogens is 352 g/mol. The molecule has 2 saturated heterocycles. The summed E-state index contributed by atoms with van der Waals surface area (Å²) in [5.41, 5.74) is 1.05. The van der Waals surface area contributed by atoms with Crippen molar-refractivity contribution in [3.63, 3.8) is 0 Å². The lowest BCUT2D eigenvalue weighted by Gasteiger charge is -2.44. The van der Waals surface area contributed by atoms with Gasteiger partial charge in [-0.3, -0.25) is 9.80 Å². The zero-order chi connectivity index (χ0) is 18.3. The summed E-state index contributed by atoms with van der Waals surface area (Å²) in [4.78, 5) is 4.77. The van der Waals surface area contributed by atoms with E-state index in [1.165, 1.54) is 12.8 Å². The zero-order valence-electron chi connectivity index (χ0n) is 15.6. The average molecular weight is 381 g/mol. The summed E-state index contributed by atoms with van der Waals surface area (Å²) in [5, 5.41) is 0. The van der Waals surface area contributed by atoms with Crippen LogP contribution in [-0.2, 0) is 16.4 Å². The Morgan fingerprint density at radius 2 is 1.73 bits per heavy atom. The van der Waals surface area contributed by atoms with Crippen molar-refractivity contribution in [2.75, 3.05) is 45.4 Å². The fourth-order valence-corrected chi connectivity index (χ4v) is 6.49. The molecule has 26 heavy (non-hydrogen) atoms. The van der Waals surface area contributed by atoms with Crippen molar-refractivity contribution < 1.29 is 17.9 Å². The number of fused-ring (bicyclic) bond motifs is 1. The van der Waals surface area contributed by atoms with E-state index in [1.807, 2.05) is 18.2 Å². The molecule has 2 aliphatic heterocycles. The number of methoxy groups -OCH3 is 2. The van der Waals surface area contributed by atoms with Gasteiger partial charge >= 0.3 is 0 Å². The van der Waals surface area contributed by atoms with E-state index in [1.54, 1.807) is 14.2 Å². The Kier molecular flexibility index (Phi) is 4.88. The Balaban J connectivity index is 1.56. The van der Waals surface area contributed by atoms with Crippen LogP contribution in [0.5, 0.6) is 11.5 Å². The largest absolute Gasteiger partial charge is 0.493 e. The molecule has 3 fully saturated rings. The normalized spacial score (nSPS) is 28.7. The lowest BCUT2D eigenvalue weighted by atomic mass is 10.0. The Morgan fingerprint density at radius 3 is 2.38 bits per heavy atom. The highest BCUT2D eigenvalue weighted by Crippen LogP contribution is 2.36. The number of sulfone groups is 1. The maximum Gasteiger partial charge on any atom is 0.165 e. The maximum absolute atomic E-state index is 12.4.